The standard InChI is InChI=1S/C30H20N4O/c35-30(24-13-15-32-29-23(24)12-14-31-29)34-28-22-8-3-2-7-21(22)27-20(9-5-10-25(27)28)19-16-18-6-1-4-11-26(18)33-17-19/h1-17,28H,(H,31,32)(H,34,35). The maximum Gasteiger partial charge on any atom is 0.252 e. The molecule has 0 bridgehead atoms. The van der Waals surface area contributed by atoms with Crippen molar-refractivity contribution in [2.45, 2.75) is 6.04 Å². The molecule has 0 aliphatic heterocycles. The molecule has 1 aliphatic rings. The van der Waals surface area contributed by atoms with Crippen LogP contribution in [0.25, 0.3) is 44.2 Å². The predicted octanol–water partition coefficient (Wildman–Crippen LogP) is 6.28. The number of pyridine rings is 2. The first-order chi connectivity index (χ1) is 17.3. The van der Waals surface area contributed by atoms with E-state index >= 15 is 0 Å². The number of nitrogens with one attached hydrogen (secondary N) is 2. The van der Waals surface area contributed by atoms with E-state index in [-0.39, 0.29) is 11.9 Å². The minimum absolute atomic E-state index is 0.123. The van der Waals surface area contributed by atoms with Crippen molar-refractivity contribution in [1.82, 2.24) is 20.3 Å². The number of hydrogen-bond acceptors (Lipinski definition) is 3. The fourth-order valence-corrected chi connectivity index (χ4v) is 5.24. The molecule has 1 atom stereocenters. The molecule has 0 saturated carbocycles. The molecule has 7 rings (SSSR count). The zero-order chi connectivity index (χ0) is 23.4. The zero-order valence-corrected chi connectivity index (χ0v) is 18.7. The Kier molecular flexibility index (Phi) is 4.29. The summed E-state index contributed by atoms with van der Waals surface area (Å²) in [7, 11) is 0. The van der Waals surface area contributed by atoms with Crippen molar-refractivity contribution in [3.8, 4) is 22.3 Å². The lowest BCUT2D eigenvalue weighted by molar-refractivity contribution is 0.0945. The van der Waals surface area contributed by atoms with Crippen molar-refractivity contribution in [2.75, 3.05) is 0 Å². The maximum absolute atomic E-state index is 13.5. The van der Waals surface area contributed by atoms with Crippen molar-refractivity contribution in [1.29, 1.82) is 0 Å². The van der Waals surface area contributed by atoms with Gasteiger partial charge in [0, 0.05) is 34.9 Å². The number of nitrogens with zero attached hydrogens (tertiary/aromatic N) is 2. The van der Waals surface area contributed by atoms with Crippen molar-refractivity contribution in [3.63, 3.8) is 0 Å². The van der Waals surface area contributed by atoms with Crippen LogP contribution in [0.5, 0.6) is 0 Å². The van der Waals surface area contributed by atoms with Gasteiger partial charge in [-0.25, -0.2) is 4.98 Å². The van der Waals surface area contributed by atoms with Crippen molar-refractivity contribution in [2.24, 2.45) is 0 Å². The lowest BCUT2D eigenvalue weighted by atomic mass is 9.94. The van der Waals surface area contributed by atoms with Gasteiger partial charge in [0.15, 0.2) is 0 Å². The van der Waals surface area contributed by atoms with Gasteiger partial charge in [0.25, 0.3) is 5.91 Å². The molecule has 1 amide bonds. The predicted molar refractivity (Wildman–Crippen MR) is 138 cm³/mol. The van der Waals surface area contributed by atoms with E-state index < -0.39 is 0 Å². The van der Waals surface area contributed by atoms with Crippen LogP contribution in [0, 0.1) is 0 Å². The van der Waals surface area contributed by atoms with E-state index in [1.807, 2.05) is 36.5 Å². The van der Waals surface area contributed by atoms with Crippen LogP contribution < -0.4 is 5.32 Å². The number of H-pyrrole nitrogens is 1. The molecule has 6 aromatic rings. The summed E-state index contributed by atoms with van der Waals surface area (Å²) >= 11 is 0. The molecular weight excluding hydrogens is 432 g/mol. The number of fused-ring (bicyclic) bond motifs is 5. The van der Waals surface area contributed by atoms with Crippen LogP contribution in [0.4, 0.5) is 0 Å². The second kappa shape index (κ2) is 7.64. The summed E-state index contributed by atoms with van der Waals surface area (Å²) in [6.45, 7) is 0. The third-order valence-corrected chi connectivity index (χ3v) is 6.83. The van der Waals surface area contributed by atoms with Gasteiger partial charge in [-0.1, -0.05) is 60.7 Å². The Bertz CT molecular complexity index is 1770. The first kappa shape index (κ1) is 19.7. The van der Waals surface area contributed by atoms with E-state index in [0.717, 1.165) is 49.7 Å². The molecule has 2 N–H and O–H groups in total. The number of hydrogen-bond donors (Lipinski definition) is 2. The minimum Gasteiger partial charge on any atom is -0.346 e. The molecular formula is C30H20N4O. The lowest BCUT2D eigenvalue weighted by Crippen LogP contribution is -2.28. The van der Waals surface area contributed by atoms with Gasteiger partial charge >= 0.3 is 0 Å². The number of benzene rings is 3. The van der Waals surface area contributed by atoms with Crippen molar-refractivity contribution >= 4 is 27.8 Å². The average molecular weight is 453 g/mol. The largest absolute Gasteiger partial charge is 0.346 e. The first-order valence-electron chi connectivity index (χ1n) is 11.6. The Balaban J connectivity index is 1.36. The Labute approximate surface area is 201 Å². The molecule has 1 unspecified atom stereocenters. The van der Waals surface area contributed by atoms with Crippen LogP contribution >= 0.6 is 0 Å². The van der Waals surface area contributed by atoms with Gasteiger partial charge in [0.05, 0.1) is 17.1 Å². The van der Waals surface area contributed by atoms with Crippen molar-refractivity contribution in [3.05, 3.63) is 120 Å². The minimum atomic E-state index is -0.246. The molecule has 0 radical (unpaired) electrons. The monoisotopic (exact) mass is 452 g/mol. The van der Waals surface area contributed by atoms with Crippen molar-refractivity contribution < 1.29 is 4.79 Å². The first-order valence-corrected chi connectivity index (χ1v) is 11.6. The normalized spacial score (nSPS) is 14.1. The molecule has 0 saturated heterocycles. The number of carbonyl (C=O) groups excluding carboxylic acids is 1. The van der Waals surface area contributed by atoms with Crippen LogP contribution in [0.15, 0.2) is 104 Å². The maximum atomic E-state index is 13.5. The summed E-state index contributed by atoms with van der Waals surface area (Å²) in [5.41, 5.74) is 8.93. The second-order valence-corrected chi connectivity index (χ2v) is 8.78. The molecule has 0 fully saturated rings. The molecule has 3 aromatic carbocycles. The number of aromatic amines is 1. The Morgan fingerprint density at radius 3 is 2.63 bits per heavy atom. The quantitative estimate of drug-likeness (QED) is 0.332. The third kappa shape index (κ3) is 3.05. The highest BCUT2D eigenvalue weighted by Crippen LogP contribution is 2.48. The summed E-state index contributed by atoms with van der Waals surface area (Å²) in [5, 5.41) is 5.22. The molecule has 5 nitrogen and oxygen atoms in total. The van der Waals surface area contributed by atoms with E-state index in [4.69, 9.17) is 4.98 Å². The van der Waals surface area contributed by atoms with Gasteiger partial charge in [0.2, 0.25) is 0 Å². The zero-order valence-electron chi connectivity index (χ0n) is 18.7. The Morgan fingerprint density at radius 1 is 0.829 bits per heavy atom. The highest BCUT2D eigenvalue weighted by atomic mass is 16.1. The topological polar surface area (TPSA) is 70.7 Å². The summed E-state index contributed by atoms with van der Waals surface area (Å²) in [5.74, 6) is -0.123. The van der Waals surface area contributed by atoms with Gasteiger partial charge in [-0.15, -0.1) is 0 Å². The molecule has 35 heavy (non-hydrogen) atoms. The summed E-state index contributed by atoms with van der Waals surface area (Å²) in [6.07, 6.45) is 5.40. The van der Waals surface area contributed by atoms with E-state index in [0.29, 0.717) is 11.2 Å². The van der Waals surface area contributed by atoms with Gasteiger partial charge in [-0.3, -0.25) is 9.78 Å². The fraction of sp³-hybridized carbons (Fsp3) is 0.0333. The van der Waals surface area contributed by atoms with E-state index in [1.165, 1.54) is 0 Å². The summed E-state index contributed by atoms with van der Waals surface area (Å²) in [6, 6.07) is 28.4. The SMILES string of the molecule is O=C(NC1c2ccccc2-c2c(-c3cnc4ccccc4c3)cccc21)c1ccnc2[nH]ccc12. The van der Waals surface area contributed by atoms with E-state index in [9.17, 15) is 4.79 Å². The molecule has 1 aliphatic carbocycles. The van der Waals surface area contributed by atoms with Gasteiger partial charge in [-0.2, -0.15) is 0 Å². The van der Waals surface area contributed by atoms with Gasteiger partial charge in [-0.05, 0) is 52.1 Å². The Morgan fingerprint density at radius 2 is 1.66 bits per heavy atom. The van der Waals surface area contributed by atoms with E-state index in [1.54, 1.807) is 18.5 Å². The van der Waals surface area contributed by atoms with E-state index in [2.05, 4.69) is 63.8 Å². The smallest absolute Gasteiger partial charge is 0.252 e. The number of carbonyl (C=O) groups is 1. The summed E-state index contributed by atoms with van der Waals surface area (Å²) < 4.78 is 0. The second-order valence-electron chi connectivity index (χ2n) is 8.78. The summed E-state index contributed by atoms with van der Waals surface area (Å²) in [4.78, 5) is 25.6. The fourth-order valence-electron chi connectivity index (χ4n) is 5.24. The number of amides is 1. The highest BCUT2D eigenvalue weighted by Gasteiger charge is 2.32. The average Bonchev–Trinajstić information content (AvgIpc) is 3.51. The molecule has 166 valence electrons. The lowest BCUT2D eigenvalue weighted by Gasteiger charge is -2.17. The number of rotatable bonds is 3. The van der Waals surface area contributed by atoms with Crippen LogP contribution in [-0.2, 0) is 0 Å². The third-order valence-electron chi connectivity index (χ3n) is 6.83. The van der Waals surface area contributed by atoms with Crippen LogP contribution in [0.3, 0.4) is 0 Å². The van der Waals surface area contributed by atoms with Crippen LogP contribution in [0.1, 0.15) is 27.5 Å². The number of aromatic nitrogens is 3. The van der Waals surface area contributed by atoms with Gasteiger partial charge in [0.1, 0.15) is 5.65 Å². The highest BCUT2D eigenvalue weighted by molar-refractivity contribution is 6.06. The molecule has 0 spiro atoms. The Hall–Kier alpha value is -4.77. The van der Waals surface area contributed by atoms with Crippen LogP contribution in [0.2, 0.25) is 0 Å². The number of para-hydroxylation sites is 1. The molecule has 5 heteroatoms. The van der Waals surface area contributed by atoms with Crippen LogP contribution in [-0.4, -0.2) is 20.9 Å². The molecule has 3 aromatic heterocycles. The van der Waals surface area contributed by atoms with Gasteiger partial charge < -0.3 is 10.3 Å². The molecule has 3 heterocycles.